The molecule has 5 aromatic rings. The highest BCUT2D eigenvalue weighted by atomic mass is 16.8. The molecule has 28 heteroatoms. The minimum atomic E-state index is -2.13. The van der Waals surface area contributed by atoms with Gasteiger partial charge < -0.3 is 96.2 Å². The van der Waals surface area contributed by atoms with Crippen molar-refractivity contribution in [1.29, 1.82) is 0 Å². The minimum Gasteiger partial charge on any atom is -0.463 e. The van der Waals surface area contributed by atoms with Gasteiger partial charge in [-0.05, 0) is 67.1 Å². The molecule has 20 atom stereocenters. The van der Waals surface area contributed by atoms with Crippen LogP contribution in [0.1, 0.15) is 99.3 Å². The van der Waals surface area contributed by atoms with E-state index in [2.05, 4.69) is 0 Å². The SMILES string of the molecule is CCCCO[C@@H]1OC(COC(=O)c2ccccc2)[C@@H](O[C@@H]2OC(COC(=O)c3ccccc3)[C@H](O)C(O[C@@H]3OC(CO)[C@@H](O[C@@H]4OC(COC(C)=O)[C@H](OC(C)=O)C(O)[C@@H]4OC(C)=O)C(O)[C@@H]3C)[C@@H]2OC(=O)c2ccccc2)C(OC(=O)c2ccccc2)[C@@H]1OC(=O)c1ccccc1. The third-order valence-electron chi connectivity index (χ3n) is 16.2. The predicted octanol–water partition coefficient (Wildman–Crippen LogP) is 4.39. The van der Waals surface area contributed by atoms with Gasteiger partial charge in [0.25, 0.3) is 0 Å². The van der Waals surface area contributed by atoms with Gasteiger partial charge in [0.05, 0.1) is 40.5 Å². The molecule has 4 N–H and O–H groups in total. The maximum Gasteiger partial charge on any atom is 0.338 e. The third kappa shape index (κ3) is 19.0. The van der Waals surface area contributed by atoms with Crippen molar-refractivity contribution in [2.75, 3.05) is 33.0 Å². The summed E-state index contributed by atoms with van der Waals surface area (Å²) < 4.78 is 98.6. The number of benzene rings is 5. The van der Waals surface area contributed by atoms with Crippen molar-refractivity contribution in [3.05, 3.63) is 179 Å². The van der Waals surface area contributed by atoms with E-state index >= 15 is 0 Å². The predicted molar refractivity (Wildman–Crippen MR) is 333 cm³/mol. The zero-order chi connectivity index (χ0) is 70.0. The van der Waals surface area contributed by atoms with E-state index in [0.717, 1.165) is 20.8 Å². The normalized spacial score (nSPS) is 29.9. The lowest BCUT2D eigenvalue weighted by Gasteiger charge is -2.50. The first kappa shape index (κ1) is 73.6. The number of esters is 8. The van der Waals surface area contributed by atoms with Gasteiger partial charge in [0.15, 0.2) is 55.7 Å². The van der Waals surface area contributed by atoms with Crippen LogP contribution in [-0.2, 0) is 90.2 Å². The van der Waals surface area contributed by atoms with Crippen LogP contribution in [-0.4, -0.2) is 218 Å². The van der Waals surface area contributed by atoms with E-state index in [0.29, 0.717) is 12.8 Å². The number of rotatable bonds is 27. The summed E-state index contributed by atoms with van der Waals surface area (Å²) in [5, 5.41) is 47.9. The van der Waals surface area contributed by atoms with Crippen molar-refractivity contribution in [2.24, 2.45) is 5.92 Å². The maximum atomic E-state index is 14.7. The highest BCUT2D eigenvalue weighted by Crippen LogP contribution is 2.40. The van der Waals surface area contributed by atoms with Crippen LogP contribution in [0.4, 0.5) is 0 Å². The molecule has 526 valence electrons. The number of carbonyl (C=O) groups excluding carboxylic acids is 8. The van der Waals surface area contributed by atoms with E-state index in [1.54, 1.807) is 78.9 Å². The summed E-state index contributed by atoms with van der Waals surface area (Å²) in [6.45, 7) is 3.26. The summed E-state index contributed by atoms with van der Waals surface area (Å²) in [5.41, 5.74) is 0.183. The van der Waals surface area contributed by atoms with Gasteiger partial charge in [-0.2, -0.15) is 0 Å². The lowest BCUT2D eigenvalue weighted by atomic mass is 9.91. The van der Waals surface area contributed by atoms with Crippen molar-refractivity contribution in [3.63, 3.8) is 0 Å². The van der Waals surface area contributed by atoms with Crippen LogP contribution in [0, 0.1) is 5.92 Å². The number of unbranched alkanes of at least 4 members (excludes halogenated alkanes) is 1. The molecule has 0 aliphatic carbocycles. The topological polar surface area (TPSA) is 365 Å². The first-order valence-electron chi connectivity index (χ1n) is 31.8. The minimum absolute atomic E-state index is 0.00361. The smallest absolute Gasteiger partial charge is 0.338 e. The Morgan fingerprint density at radius 1 is 0.367 bits per heavy atom. The third-order valence-corrected chi connectivity index (χ3v) is 16.2. The average Bonchev–Trinajstić information content (AvgIpc) is 0.767. The van der Waals surface area contributed by atoms with Gasteiger partial charge in [0.2, 0.25) is 0 Å². The van der Waals surface area contributed by atoms with Crippen molar-refractivity contribution in [3.8, 4) is 0 Å². The van der Waals surface area contributed by atoms with E-state index in [9.17, 15) is 58.8 Å². The Balaban J connectivity index is 1.14. The molecule has 0 saturated carbocycles. The summed E-state index contributed by atoms with van der Waals surface area (Å²) in [5.74, 6) is -8.76. The Morgan fingerprint density at radius 2 is 0.745 bits per heavy atom. The molecule has 4 heterocycles. The largest absolute Gasteiger partial charge is 0.463 e. The summed E-state index contributed by atoms with van der Waals surface area (Å²) >= 11 is 0. The highest BCUT2D eigenvalue weighted by Gasteiger charge is 2.59. The summed E-state index contributed by atoms with van der Waals surface area (Å²) in [6.07, 6.45) is -33.3. The number of ether oxygens (including phenoxy) is 16. The Hall–Kier alpha value is -8.62. The Morgan fingerprint density at radius 3 is 1.21 bits per heavy atom. The number of hydrogen-bond acceptors (Lipinski definition) is 28. The molecule has 0 radical (unpaired) electrons. The molecule has 8 unspecified atom stereocenters. The van der Waals surface area contributed by atoms with Crippen LogP contribution >= 0.6 is 0 Å². The van der Waals surface area contributed by atoms with E-state index in [1.165, 1.54) is 79.7 Å². The molecule has 9 rings (SSSR count). The molecular formula is C70H78O28. The van der Waals surface area contributed by atoms with E-state index in [4.69, 9.17) is 75.8 Å². The summed E-state index contributed by atoms with van der Waals surface area (Å²) in [4.78, 5) is 108. The van der Waals surface area contributed by atoms with E-state index in [1.807, 2.05) is 6.92 Å². The zero-order valence-corrected chi connectivity index (χ0v) is 54.0. The Kier molecular flexibility index (Phi) is 26.5. The van der Waals surface area contributed by atoms with Crippen LogP contribution in [0.2, 0.25) is 0 Å². The Bertz CT molecular complexity index is 3420. The van der Waals surface area contributed by atoms with Gasteiger partial charge in [0, 0.05) is 33.3 Å². The quantitative estimate of drug-likeness (QED) is 0.0322. The van der Waals surface area contributed by atoms with Crippen LogP contribution in [0.3, 0.4) is 0 Å². The number of carbonyl (C=O) groups is 8. The molecule has 5 aromatic carbocycles. The standard InChI is InChI=1S/C70H78O28/c1-6-7-33-83-68-61(95-66(82)46-31-21-12-22-32-46)59(93-64(80)44-27-17-10-18-28-44)56(50(91-68)37-86-63(79)43-25-15-9-16-26-43)97-70-60(94-65(81)45-29-19-11-20-30-45)57(52(76)48(90-70)35-85-62(78)42-23-13-8-14-24-42)98-67-38(2)51(75)54(47(34-71)89-67)96-69-58(88-41(5)74)53(77)55(87-40(4)73)49(92-69)36-84-39(3)72/h8-32,38,47-61,67-71,75-77H,6-7,33-37H2,1-5H3/t38-,47?,48?,49?,50?,51?,52-,53?,54+,55-,56+,57?,58-,59?,60-,61-,67-,68+,69-,70-/m0/s1. The molecule has 0 aromatic heterocycles. The number of aliphatic hydroxyl groups is 4. The number of hydrogen-bond donors (Lipinski definition) is 4. The van der Waals surface area contributed by atoms with E-state index in [-0.39, 0.29) is 34.4 Å². The van der Waals surface area contributed by atoms with Crippen molar-refractivity contribution < 1.29 is 135 Å². The molecule has 4 aliphatic heterocycles. The zero-order valence-electron chi connectivity index (χ0n) is 54.0. The van der Waals surface area contributed by atoms with Crippen LogP contribution in [0.25, 0.3) is 0 Å². The molecule has 4 saturated heterocycles. The monoisotopic (exact) mass is 1370 g/mol. The molecule has 0 amide bonds. The van der Waals surface area contributed by atoms with Gasteiger partial charge in [-0.15, -0.1) is 0 Å². The summed E-state index contributed by atoms with van der Waals surface area (Å²) in [6, 6.07) is 38.6. The average molecular weight is 1370 g/mol. The molecule has 0 bridgehead atoms. The second-order valence-corrected chi connectivity index (χ2v) is 23.3. The first-order valence-corrected chi connectivity index (χ1v) is 31.8. The van der Waals surface area contributed by atoms with Gasteiger partial charge in [-0.3, -0.25) is 14.4 Å². The van der Waals surface area contributed by atoms with Crippen molar-refractivity contribution in [1.82, 2.24) is 0 Å². The van der Waals surface area contributed by atoms with Gasteiger partial charge in [-0.25, -0.2) is 24.0 Å². The highest BCUT2D eigenvalue weighted by molar-refractivity contribution is 5.91. The molecular weight excluding hydrogens is 1290 g/mol. The van der Waals surface area contributed by atoms with Crippen molar-refractivity contribution in [2.45, 2.75) is 164 Å². The lowest BCUT2D eigenvalue weighted by molar-refractivity contribution is -0.383. The first-order chi connectivity index (χ1) is 47.2. The molecule has 4 fully saturated rings. The lowest BCUT2D eigenvalue weighted by Crippen LogP contribution is -2.68. The van der Waals surface area contributed by atoms with Gasteiger partial charge in [0.1, 0.15) is 74.8 Å². The van der Waals surface area contributed by atoms with Gasteiger partial charge >= 0.3 is 47.8 Å². The van der Waals surface area contributed by atoms with Crippen LogP contribution in [0.5, 0.6) is 0 Å². The molecule has 28 nitrogen and oxygen atoms in total. The maximum absolute atomic E-state index is 14.7. The van der Waals surface area contributed by atoms with Gasteiger partial charge in [-0.1, -0.05) is 111 Å². The molecule has 98 heavy (non-hydrogen) atoms. The molecule has 0 spiro atoms. The fourth-order valence-electron chi connectivity index (χ4n) is 11.2. The number of aliphatic hydroxyl groups excluding tert-OH is 4. The van der Waals surface area contributed by atoms with Crippen LogP contribution in [0.15, 0.2) is 152 Å². The van der Waals surface area contributed by atoms with Crippen molar-refractivity contribution >= 4 is 47.8 Å². The fraction of sp³-hybridized carbons (Fsp3) is 0.457. The second kappa shape index (κ2) is 35.2. The fourth-order valence-corrected chi connectivity index (χ4v) is 11.2. The Labute approximate surface area is 563 Å². The summed E-state index contributed by atoms with van der Waals surface area (Å²) in [7, 11) is 0. The molecule has 4 aliphatic rings. The van der Waals surface area contributed by atoms with Crippen LogP contribution < -0.4 is 0 Å². The van der Waals surface area contributed by atoms with E-state index < -0.39 is 197 Å². The second-order valence-electron chi connectivity index (χ2n) is 23.3.